The molecule has 3 aromatic heterocycles. The lowest BCUT2D eigenvalue weighted by Crippen LogP contribution is -1.95. The molecule has 0 amide bonds. The first-order valence-electron chi connectivity index (χ1n) is 4.01. The van der Waals surface area contributed by atoms with Crippen LogP contribution in [0, 0.1) is 0 Å². The van der Waals surface area contributed by atoms with Crippen LogP contribution in [0.5, 0.6) is 0 Å². The van der Waals surface area contributed by atoms with Gasteiger partial charge in [0, 0.05) is 11.6 Å². The van der Waals surface area contributed by atoms with Gasteiger partial charge in [-0.25, -0.2) is 9.97 Å². The molecule has 14 heavy (non-hydrogen) atoms. The van der Waals surface area contributed by atoms with Crippen molar-refractivity contribution in [1.82, 2.24) is 30.6 Å². The average Bonchev–Trinajstić information content (AvgIpc) is 2.26. The van der Waals surface area contributed by atoms with Crippen LogP contribution < -0.4 is 0 Å². The van der Waals surface area contributed by atoms with E-state index in [1.165, 1.54) is 0 Å². The van der Waals surface area contributed by atoms with Gasteiger partial charge >= 0.3 is 0 Å². The van der Waals surface area contributed by atoms with Crippen LogP contribution >= 0.6 is 0 Å². The van der Waals surface area contributed by atoms with Gasteiger partial charge in [-0.3, -0.25) is 0 Å². The van der Waals surface area contributed by atoms with Crippen molar-refractivity contribution in [2.24, 2.45) is 0 Å². The lowest BCUT2D eigenvalue weighted by molar-refractivity contribution is 0.791. The summed E-state index contributed by atoms with van der Waals surface area (Å²) in [6.45, 7) is 0. The molecule has 0 atom stereocenters. The standard InChI is InChI=1S/C8H4N6/c1-2-5-4-6-8(12-14-13-11-6)10-7(5)9-3-1/h1-4H. The summed E-state index contributed by atoms with van der Waals surface area (Å²) in [5.41, 5.74) is 1.73. The number of aromatic nitrogens is 6. The zero-order valence-electron chi connectivity index (χ0n) is 6.99. The topological polar surface area (TPSA) is 77.3 Å². The highest BCUT2D eigenvalue weighted by molar-refractivity contribution is 5.86. The maximum Gasteiger partial charge on any atom is 0.206 e. The predicted molar refractivity (Wildman–Crippen MR) is 48.2 cm³/mol. The summed E-state index contributed by atoms with van der Waals surface area (Å²) < 4.78 is 0. The SMILES string of the molecule is c1cnc2nc3nnnnc3cc2c1. The van der Waals surface area contributed by atoms with E-state index in [4.69, 9.17) is 0 Å². The van der Waals surface area contributed by atoms with E-state index in [2.05, 4.69) is 30.6 Å². The third-order valence-corrected chi connectivity index (χ3v) is 1.88. The molecule has 0 radical (unpaired) electrons. The van der Waals surface area contributed by atoms with Gasteiger partial charge in [0.2, 0.25) is 5.65 Å². The van der Waals surface area contributed by atoms with E-state index >= 15 is 0 Å². The molecular formula is C8H4N6. The molecule has 0 spiro atoms. The van der Waals surface area contributed by atoms with Crippen molar-refractivity contribution in [2.75, 3.05) is 0 Å². The molecule has 0 fully saturated rings. The molecule has 0 N–H and O–H groups in total. The quantitative estimate of drug-likeness (QED) is 0.469. The number of nitrogens with zero attached hydrogens (tertiary/aromatic N) is 6. The fourth-order valence-corrected chi connectivity index (χ4v) is 1.26. The minimum atomic E-state index is 0.464. The van der Waals surface area contributed by atoms with E-state index in [1.54, 1.807) is 6.20 Å². The van der Waals surface area contributed by atoms with Gasteiger partial charge in [-0.1, -0.05) is 0 Å². The van der Waals surface area contributed by atoms with Gasteiger partial charge in [0.05, 0.1) is 0 Å². The van der Waals surface area contributed by atoms with Crippen LogP contribution in [0.1, 0.15) is 0 Å². The van der Waals surface area contributed by atoms with Crippen LogP contribution in [0.3, 0.4) is 0 Å². The first-order chi connectivity index (χ1) is 6.93. The predicted octanol–water partition coefficient (Wildman–Crippen LogP) is 0.363. The van der Waals surface area contributed by atoms with Crippen LogP contribution in [0.15, 0.2) is 24.4 Å². The molecule has 0 unspecified atom stereocenters. The zero-order chi connectivity index (χ0) is 9.38. The third-order valence-electron chi connectivity index (χ3n) is 1.88. The van der Waals surface area contributed by atoms with Crippen LogP contribution in [0.2, 0.25) is 0 Å². The van der Waals surface area contributed by atoms with Gasteiger partial charge in [-0.15, -0.1) is 10.2 Å². The highest BCUT2D eigenvalue weighted by atomic mass is 15.4. The van der Waals surface area contributed by atoms with Gasteiger partial charge in [0.25, 0.3) is 0 Å². The molecule has 0 saturated heterocycles. The fourth-order valence-electron chi connectivity index (χ4n) is 1.26. The molecule has 0 bridgehead atoms. The molecule has 3 rings (SSSR count). The first-order valence-corrected chi connectivity index (χ1v) is 4.01. The number of hydrogen-bond acceptors (Lipinski definition) is 6. The van der Waals surface area contributed by atoms with Gasteiger partial charge in [-0.05, 0) is 28.6 Å². The van der Waals surface area contributed by atoms with Crippen LogP contribution in [-0.4, -0.2) is 30.6 Å². The Balaban J connectivity index is 2.52. The highest BCUT2D eigenvalue weighted by Crippen LogP contribution is 2.12. The van der Waals surface area contributed by atoms with Crippen LogP contribution in [-0.2, 0) is 0 Å². The van der Waals surface area contributed by atoms with Crippen molar-refractivity contribution in [3.8, 4) is 0 Å². The Morgan fingerprint density at radius 2 is 1.93 bits per heavy atom. The monoisotopic (exact) mass is 184 g/mol. The van der Waals surface area contributed by atoms with Crippen molar-refractivity contribution in [2.45, 2.75) is 0 Å². The van der Waals surface area contributed by atoms with E-state index in [-0.39, 0.29) is 0 Å². The van der Waals surface area contributed by atoms with E-state index in [0.29, 0.717) is 16.8 Å². The van der Waals surface area contributed by atoms with Gasteiger partial charge in [0.1, 0.15) is 5.52 Å². The molecule has 0 aromatic carbocycles. The Morgan fingerprint density at radius 3 is 2.93 bits per heavy atom. The minimum absolute atomic E-state index is 0.464. The Bertz CT molecular complexity index is 503. The number of rotatable bonds is 0. The maximum absolute atomic E-state index is 4.19. The Hall–Kier alpha value is -2.24. The Kier molecular flexibility index (Phi) is 1.35. The summed E-state index contributed by atoms with van der Waals surface area (Å²) in [6, 6.07) is 5.60. The van der Waals surface area contributed by atoms with Crippen molar-refractivity contribution in [3.05, 3.63) is 24.4 Å². The summed E-state index contributed by atoms with van der Waals surface area (Å²) in [6.07, 6.45) is 1.68. The molecular weight excluding hydrogens is 180 g/mol. The second-order valence-electron chi connectivity index (χ2n) is 2.76. The summed E-state index contributed by atoms with van der Waals surface area (Å²) in [4.78, 5) is 8.29. The van der Waals surface area contributed by atoms with Crippen LogP contribution in [0.4, 0.5) is 0 Å². The number of hydrogen-bond donors (Lipinski definition) is 0. The summed E-state index contributed by atoms with van der Waals surface area (Å²) in [5.74, 6) is 0. The molecule has 0 aliphatic rings. The average molecular weight is 184 g/mol. The normalized spacial score (nSPS) is 10.9. The molecule has 66 valence electrons. The second-order valence-corrected chi connectivity index (χ2v) is 2.76. The molecule has 0 aliphatic heterocycles. The summed E-state index contributed by atoms with van der Waals surface area (Å²) >= 11 is 0. The summed E-state index contributed by atoms with van der Waals surface area (Å²) in [7, 11) is 0. The minimum Gasteiger partial charge on any atom is -0.237 e. The van der Waals surface area contributed by atoms with Crippen molar-refractivity contribution < 1.29 is 0 Å². The highest BCUT2D eigenvalue weighted by Gasteiger charge is 2.01. The Labute approximate surface area is 78.0 Å². The van der Waals surface area contributed by atoms with E-state index in [9.17, 15) is 0 Å². The fraction of sp³-hybridized carbons (Fsp3) is 0. The number of pyridine rings is 2. The molecule has 6 nitrogen and oxygen atoms in total. The van der Waals surface area contributed by atoms with E-state index in [0.717, 1.165) is 5.39 Å². The molecule has 0 saturated carbocycles. The van der Waals surface area contributed by atoms with E-state index in [1.807, 2.05) is 18.2 Å². The molecule has 0 aliphatic carbocycles. The van der Waals surface area contributed by atoms with Gasteiger partial charge in [0.15, 0.2) is 5.65 Å². The first kappa shape index (κ1) is 7.19. The van der Waals surface area contributed by atoms with Crippen LogP contribution in [0.25, 0.3) is 22.2 Å². The van der Waals surface area contributed by atoms with Crippen molar-refractivity contribution >= 4 is 22.2 Å². The maximum atomic E-state index is 4.19. The lowest BCUT2D eigenvalue weighted by Gasteiger charge is -1.95. The zero-order valence-corrected chi connectivity index (χ0v) is 6.99. The van der Waals surface area contributed by atoms with E-state index < -0.39 is 0 Å². The molecule has 3 heterocycles. The molecule has 6 heteroatoms. The number of fused-ring (bicyclic) bond motifs is 2. The van der Waals surface area contributed by atoms with Gasteiger partial charge < -0.3 is 0 Å². The second kappa shape index (κ2) is 2.63. The smallest absolute Gasteiger partial charge is 0.206 e. The van der Waals surface area contributed by atoms with Crippen molar-refractivity contribution in [3.63, 3.8) is 0 Å². The largest absolute Gasteiger partial charge is 0.237 e. The van der Waals surface area contributed by atoms with Gasteiger partial charge in [-0.2, -0.15) is 0 Å². The Morgan fingerprint density at radius 1 is 1.00 bits per heavy atom. The lowest BCUT2D eigenvalue weighted by atomic mass is 10.3. The third kappa shape index (κ3) is 0.972. The summed E-state index contributed by atoms with van der Waals surface area (Å²) in [5, 5.41) is 15.4. The molecule has 3 aromatic rings. The van der Waals surface area contributed by atoms with Crippen molar-refractivity contribution in [1.29, 1.82) is 0 Å².